The van der Waals surface area contributed by atoms with Crippen molar-refractivity contribution in [2.24, 2.45) is 5.92 Å². The van der Waals surface area contributed by atoms with Crippen LogP contribution in [0.1, 0.15) is 40.5 Å². The van der Waals surface area contributed by atoms with Crippen LogP contribution in [0, 0.1) is 5.92 Å². The van der Waals surface area contributed by atoms with Crippen molar-refractivity contribution >= 4 is 23.9 Å². The number of methoxy groups -OCH3 is 1. The molecule has 9 heteroatoms. The monoisotopic (exact) mass is 448 g/mol. The zero-order valence-corrected chi connectivity index (χ0v) is 18.8. The third kappa shape index (κ3) is 4.34. The smallest absolute Gasteiger partial charge is 0.337 e. The fourth-order valence-electron chi connectivity index (χ4n) is 4.21. The first-order chi connectivity index (χ1) is 15.0. The summed E-state index contributed by atoms with van der Waals surface area (Å²) in [6.07, 6.45) is 0.190. The predicted octanol–water partition coefficient (Wildman–Crippen LogP) is 1.94. The number of epoxide rings is 1. The number of allylic oxidation sites excluding steroid dienone is 2. The summed E-state index contributed by atoms with van der Waals surface area (Å²) in [5.41, 5.74) is -0.238. The van der Waals surface area contributed by atoms with Crippen molar-refractivity contribution in [1.29, 1.82) is 0 Å². The van der Waals surface area contributed by atoms with Crippen LogP contribution >= 0.6 is 0 Å². The molecule has 174 valence electrons. The first kappa shape index (κ1) is 23.7. The van der Waals surface area contributed by atoms with Gasteiger partial charge in [0.2, 0.25) is 0 Å². The SMILES string of the molecule is C=C1C(=O)O[C@H]2[C@H]1[C@H](OC(=O)/C(C)=C\C)[C@@H](OC(C)=O)/C(C(=O)OC)=C/CC[C@@]1(C)O[C@H]21. The lowest BCUT2D eigenvalue weighted by Crippen LogP contribution is -2.48. The number of ether oxygens (including phenoxy) is 5. The standard InChI is InChI=1S/C23H28O9/c1-7-11(2)20(25)30-17-15-12(3)21(26)31-18(15)19-23(5,32-19)10-8-9-14(22(27)28-6)16(17)29-13(4)24/h7,9,15-19H,3,8,10H2,1-2,4-6H3/b11-7-,14-9-/t15-,16+,17+,18+,19-,23-/m1/s1. The highest BCUT2D eigenvalue weighted by atomic mass is 16.7. The molecular weight excluding hydrogens is 420 g/mol. The average Bonchev–Trinajstić information content (AvgIpc) is 3.33. The van der Waals surface area contributed by atoms with Crippen LogP contribution in [0.5, 0.6) is 0 Å². The molecule has 0 radical (unpaired) electrons. The summed E-state index contributed by atoms with van der Waals surface area (Å²) >= 11 is 0. The number of carbonyl (C=O) groups excluding carboxylic acids is 4. The van der Waals surface area contributed by atoms with Gasteiger partial charge >= 0.3 is 23.9 Å². The van der Waals surface area contributed by atoms with Crippen LogP contribution in [0.3, 0.4) is 0 Å². The van der Waals surface area contributed by atoms with Crippen LogP contribution in [-0.2, 0) is 42.9 Å². The van der Waals surface area contributed by atoms with E-state index in [1.807, 2.05) is 6.92 Å². The molecule has 0 spiro atoms. The predicted molar refractivity (Wildman–Crippen MR) is 110 cm³/mol. The van der Waals surface area contributed by atoms with Crippen molar-refractivity contribution < 1.29 is 42.9 Å². The Bertz CT molecular complexity index is 914. The first-order valence-electron chi connectivity index (χ1n) is 10.4. The average molecular weight is 448 g/mol. The van der Waals surface area contributed by atoms with E-state index in [1.165, 1.54) is 14.0 Å². The highest BCUT2D eigenvalue weighted by Crippen LogP contribution is 2.50. The van der Waals surface area contributed by atoms with Crippen molar-refractivity contribution in [2.45, 2.75) is 70.6 Å². The van der Waals surface area contributed by atoms with Crippen LogP contribution in [0.2, 0.25) is 0 Å². The molecule has 32 heavy (non-hydrogen) atoms. The van der Waals surface area contributed by atoms with Crippen LogP contribution < -0.4 is 0 Å². The second-order valence-electron chi connectivity index (χ2n) is 8.33. The van der Waals surface area contributed by atoms with E-state index < -0.39 is 59.8 Å². The minimum Gasteiger partial charge on any atom is -0.466 e. The molecular formula is C23H28O9. The van der Waals surface area contributed by atoms with Crippen LogP contribution in [0.15, 0.2) is 35.5 Å². The van der Waals surface area contributed by atoms with Gasteiger partial charge in [-0.1, -0.05) is 18.7 Å². The Morgan fingerprint density at radius 2 is 1.94 bits per heavy atom. The zero-order chi connectivity index (χ0) is 23.8. The maximum Gasteiger partial charge on any atom is 0.337 e. The van der Waals surface area contributed by atoms with E-state index in [-0.39, 0.29) is 11.1 Å². The summed E-state index contributed by atoms with van der Waals surface area (Å²) in [7, 11) is 1.20. The van der Waals surface area contributed by atoms with Gasteiger partial charge in [0.25, 0.3) is 0 Å². The Morgan fingerprint density at radius 3 is 2.53 bits per heavy atom. The molecule has 3 aliphatic rings. The van der Waals surface area contributed by atoms with Crippen molar-refractivity contribution in [3.63, 3.8) is 0 Å². The molecule has 6 atom stereocenters. The van der Waals surface area contributed by atoms with Crippen molar-refractivity contribution in [2.75, 3.05) is 7.11 Å². The molecule has 0 aromatic rings. The van der Waals surface area contributed by atoms with Crippen molar-refractivity contribution in [1.82, 2.24) is 0 Å². The van der Waals surface area contributed by atoms with Gasteiger partial charge in [-0.05, 0) is 33.6 Å². The van der Waals surface area contributed by atoms with Gasteiger partial charge < -0.3 is 23.7 Å². The summed E-state index contributed by atoms with van der Waals surface area (Å²) in [6, 6.07) is 0. The normalized spacial score (nSPS) is 36.0. The number of rotatable bonds is 4. The molecule has 2 saturated heterocycles. The molecule has 2 aliphatic heterocycles. The van der Waals surface area contributed by atoms with Gasteiger partial charge in [-0.25, -0.2) is 14.4 Å². The fraction of sp³-hybridized carbons (Fsp3) is 0.565. The van der Waals surface area contributed by atoms with E-state index in [0.717, 1.165) is 0 Å². The molecule has 0 N–H and O–H groups in total. The molecule has 3 rings (SSSR count). The third-order valence-corrected chi connectivity index (χ3v) is 6.18. The summed E-state index contributed by atoms with van der Waals surface area (Å²) in [5.74, 6) is -3.71. The minimum atomic E-state index is -1.34. The lowest BCUT2D eigenvalue weighted by Gasteiger charge is -2.33. The van der Waals surface area contributed by atoms with Gasteiger partial charge in [0.1, 0.15) is 12.2 Å². The Labute approximate surface area is 186 Å². The van der Waals surface area contributed by atoms with Crippen LogP contribution in [-0.4, -0.2) is 61.0 Å². The number of hydrogen-bond acceptors (Lipinski definition) is 9. The van der Waals surface area contributed by atoms with E-state index in [0.29, 0.717) is 18.4 Å². The van der Waals surface area contributed by atoms with E-state index >= 15 is 0 Å². The Morgan fingerprint density at radius 1 is 1.25 bits per heavy atom. The van der Waals surface area contributed by atoms with E-state index in [9.17, 15) is 19.2 Å². The Kier molecular flexibility index (Phi) is 6.59. The van der Waals surface area contributed by atoms with Gasteiger partial charge in [-0.2, -0.15) is 0 Å². The Balaban J connectivity index is 2.17. The number of hydrogen-bond donors (Lipinski definition) is 0. The molecule has 0 bridgehead atoms. The molecule has 2 fully saturated rings. The van der Waals surface area contributed by atoms with E-state index in [2.05, 4.69) is 6.58 Å². The maximum atomic E-state index is 12.8. The highest BCUT2D eigenvalue weighted by molar-refractivity contribution is 5.93. The van der Waals surface area contributed by atoms with Crippen LogP contribution in [0.25, 0.3) is 0 Å². The van der Waals surface area contributed by atoms with E-state index in [4.69, 9.17) is 23.7 Å². The fourth-order valence-corrected chi connectivity index (χ4v) is 4.21. The zero-order valence-electron chi connectivity index (χ0n) is 18.8. The first-order valence-corrected chi connectivity index (χ1v) is 10.4. The lowest BCUT2D eigenvalue weighted by atomic mass is 9.80. The summed E-state index contributed by atoms with van der Waals surface area (Å²) < 4.78 is 27.6. The second-order valence-corrected chi connectivity index (χ2v) is 8.33. The molecule has 0 unspecified atom stereocenters. The molecule has 0 aromatic heterocycles. The topological polar surface area (TPSA) is 118 Å². The summed E-state index contributed by atoms with van der Waals surface area (Å²) in [4.78, 5) is 49.9. The highest BCUT2D eigenvalue weighted by Gasteiger charge is 2.64. The van der Waals surface area contributed by atoms with E-state index in [1.54, 1.807) is 26.0 Å². The molecule has 2 heterocycles. The molecule has 1 aliphatic carbocycles. The van der Waals surface area contributed by atoms with Crippen LogP contribution in [0.4, 0.5) is 0 Å². The van der Waals surface area contributed by atoms with Gasteiger partial charge in [-0.15, -0.1) is 0 Å². The quantitative estimate of drug-likeness (QED) is 0.275. The number of esters is 4. The molecule has 0 amide bonds. The van der Waals surface area contributed by atoms with Crippen molar-refractivity contribution in [3.05, 3.63) is 35.5 Å². The molecule has 0 aromatic carbocycles. The number of carbonyl (C=O) groups is 4. The summed E-state index contributed by atoms with van der Waals surface area (Å²) in [6.45, 7) is 10.1. The minimum absolute atomic E-state index is 0.00669. The van der Waals surface area contributed by atoms with Gasteiger partial charge in [0.05, 0.1) is 24.2 Å². The van der Waals surface area contributed by atoms with Gasteiger partial charge in [0, 0.05) is 18.1 Å². The largest absolute Gasteiger partial charge is 0.466 e. The lowest BCUT2D eigenvalue weighted by molar-refractivity contribution is -0.168. The molecule has 9 nitrogen and oxygen atoms in total. The third-order valence-electron chi connectivity index (χ3n) is 6.18. The number of fused-ring (bicyclic) bond motifs is 3. The van der Waals surface area contributed by atoms with Gasteiger partial charge in [0.15, 0.2) is 12.2 Å². The maximum absolute atomic E-state index is 12.8. The molecule has 0 saturated carbocycles. The van der Waals surface area contributed by atoms with Crippen molar-refractivity contribution in [3.8, 4) is 0 Å². The summed E-state index contributed by atoms with van der Waals surface area (Å²) in [5, 5.41) is 0. The van der Waals surface area contributed by atoms with Gasteiger partial charge in [-0.3, -0.25) is 4.79 Å². The second kappa shape index (κ2) is 8.90. The Hall–Kier alpha value is -2.94.